The number of hydrogen-bond acceptors (Lipinski definition) is 1. The molecule has 0 saturated heterocycles. The van der Waals surface area contributed by atoms with Gasteiger partial charge in [-0.25, -0.2) is 0 Å². The molecular formula is C16H17BS. The summed E-state index contributed by atoms with van der Waals surface area (Å²) in [6.07, 6.45) is 2.12. The Balaban J connectivity index is 2.52. The maximum atomic E-state index is 4.17. The number of rotatable bonds is 4. The van der Waals surface area contributed by atoms with Gasteiger partial charge >= 0.3 is 0 Å². The average Bonchev–Trinajstić information content (AvgIpc) is 2.40. The summed E-state index contributed by atoms with van der Waals surface area (Å²) >= 11 is 1.79. The van der Waals surface area contributed by atoms with Crippen molar-refractivity contribution < 1.29 is 0 Å². The number of benzene rings is 2. The Morgan fingerprint density at radius 1 is 1.00 bits per heavy atom. The lowest BCUT2D eigenvalue weighted by molar-refractivity contribution is 1.51. The molecule has 2 aromatic carbocycles. The number of thioether (sulfide) groups is 1. The Bertz CT molecular complexity index is 534. The van der Waals surface area contributed by atoms with Gasteiger partial charge in [0.15, 0.2) is 0 Å². The zero-order chi connectivity index (χ0) is 13.0. The van der Waals surface area contributed by atoms with Crippen molar-refractivity contribution in [2.75, 3.05) is 6.26 Å². The highest BCUT2D eigenvalue weighted by Crippen LogP contribution is 2.14. The lowest BCUT2D eigenvalue weighted by Gasteiger charge is -2.17. The molecule has 0 aliphatic rings. The first-order chi connectivity index (χ1) is 8.74. The van der Waals surface area contributed by atoms with Crippen LogP contribution in [0, 0.1) is 0 Å². The third kappa shape index (κ3) is 2.70. The predicted molar refractivity (Wildman–Crippen MR) is 84.5 cm³/mol. The molecule has 0 radical (unpaired) electrons. The van der Waals surface area contributed by atoms with Gasteiger partial charge in [-0.3, -0.25) is 0 Å². The van der Waals surface area contributed by atoms with Gasteiger partial charge in [0.2, 0.25) is 6.71 Å². The Hall–Kier alpha value is -1.41. The number of allylic oxidation sites excluding steroid dienone is 1. The van der Waals surface area contributed by atoms with Crippen molar-refractivity contribution >= 4 is 29.4 Å². The molecule has 0 saturated carbocycles. The molecule has 0 amide bonds. The van der Waals surface area contributed by atoms with Gasteiger partial charge in [0, 0.05) is 4.90 Å². The van der Waals surface area contributed by atoms with Crippen molar-refractivity contribution in [1.29, 1.82) is 0 Å². The average molecular weight is 252 g/mol. The summed E-state index contributed by atoms with van der Waals surface area (Å²) in [5.74, 6) is 0. The highest BCUT2D eigenvalue weighted by atomic mass is 32.2. The normalized spacial score (nSPS) is 10.1. The smallest absolute Gasteiger partial charge is 0.130 e. The molecule has 0 aliphatic carbocycles. The van der Waals surface area contributed by atoms with Gasteiger partial charge in [-0.05, 0) is 12.3 Å². The Morgan fingerprint density at radius 2 is 1.61 bits per heavy atom. The second-order valence-corrected chi connectivity index (χ2v) is 5.28. The molecule has 90 valence electrons. The van der Waals surface area contributed by atoms with Crippen LogP contribution in [0.15, 0.2) is 71.5 Å². The summed E-state index contributed by atoms with van der Waals surface area (Å²) in [5.41, 5.74) is 3.85. The minimum Gasteiger partial charge on any atom is -0.130 e. The SMILES string of the molecule is C=C(C)B(c1ccccc1)c1ccccc1SC. The van der Waals surface area contributed by atoms with Crippen molar-refractivity contribution in [3.8, 4) is 0 Å². The standard InChI is InChI=1S/C16H17BS/c1-13(2)17(14-9-5-4-6-10-14)15-11-7-8-12-16(15)18-3/h4-12H,1H2,2-3H3. The van der Waals surface area contributed by atoms with E-state index in [4.69, 9.17) is 0 Å². The van der Waals surface area contributed by atoms with Gasteiger partial charge < -0.3 is 0 Å². The first-order valence-electron chi connectivity index (χ1n) is 6.07. The van der Waals surface area contributed by atoms with E-state index in [1.54, 1.807) is 11.8 Å². The Morgan fingerprint density at radius 3 is 2.22 bits per heavy atom. The zero-order valence-electron chi connectivity index (χ0n) is 10.9. The molecule has 0 heterocycles. The van der Waals surface area contributed by atoms with Crippen molar-refractivity contribution in [3.63, 3.8) is 0 Å². The van der Waals surface area contributed by atoms with E-state index < -0.39 is 0 Å². The first-order valence-corrected chi connectivity index (χ1v) is 7.29. The van der Waals surface area contributed by atoms with E-state index in [1.165, 1.54) is 21.3 Å². The van der Waals surface area contributed by atoms with E-state index in [9.17, 15) is 0 Å². The summed E-state index contributed by atoms with van der Waals surface area (Å²) in [6, 6.07) is 19.2. The summed E-state index contributed by atoms with van der Waals surface area (Å²) in [7, 11) is 0. The predicted octanol–water partition coefficient (Wildman–Crippen LogP) is 3.13. The van der Waals surface area contributed by atoms with E-state index in [1.807, 2.05) is 0 Å². The van der Waals surface area contributed by atoms with Crippen molar-refractivity contribution in [2.24, 2.45) is 0 Å². The van der Waals surface area contributed by atoms with Crippen LogP contribution in [-0.4, -0.2) is 13.0 Å². The summed E-state index contributed by atoms with van der Waals surface area (Å²) in [4.78, 5) is 1.33. The molecule has 0 N–H and O–H groups in total. The minimum atomic E-state index is 0.287. The van der Waals surface area contributed by atoms with Crippen LogP contribution in [0.2, 0.25) is 0 Å². The van der Waals surface area contributed by atoms with E-state index in [0.717, 1.165) is 0 Å². The second kappa shape index (κ2) is 5.97. The largest absolute Gasteiger partial charge is 0.237 e. The molecule has 0 nitrogen and oxygen atoms in total. The molecule has 2 rings (SSSR count). The third-order valence-electron chi connectivity index (χ3n) is 3.08. The van der Waals surface area contributed by atoms with Crippen LogP contribution in [0.1, 0.15) is 6.92 Å². The molecule has 18 heavy (non-hydrogen) atoms. The lowest BCUT2D eigenvalue weighted by atomic mass is 9.37. The summed E-state index contributed by atoms with van der Waals surface area (Å²) in [6.45, 7) is 6.57. The zero-order valence-corrected chi connectivity index (χ0v) is 11.7. The van der Waals surface area contributed by atoms with Crippen LogP contribution in [0.3, 0.4) is 0 Å². The van der Waals surface area contributed by atoms with Crippen LogP contribution in [0.5, 0.6) is 0 Å². The second-order valence-electron chi connectivity index (χ2n) is 4.43. The minimum absolute atomic E-state index is 0.287. The highest BCUT2D eigenvalue weighted by Gasteiger charge is 2.21. The van der Waals surface area contributed by atoms with Crippen molar-refractivity contribution in [3.05, 3.63) is 66.6 Å². The fourth-order valence-corrected chi connectivity index (χ4v) is 2.92. The van der Waals surface area contributed by atoms with E-state index in [-0.39, 0.29) is 6.71 Å². The van der Waals surface area contributed by atoms with Gasteiger partial charge in [0.25, 0.3) is 0 Å². The molecule has 0 fully saturated rings. The highest BCUT2D eigenvalue weighted by molar-refractivity contribution is 7.98. The third-order valence-corrected chi connectivity index (χ3v) is 3.89. The van der Waals surface area contributed by atoms with Gasteiger partial charge in [-0.15, -0.1) is 23.8 Å². The van der Waals surface area contributed by atoms with Crippen LogP contribution in [0.4, 0.5) is 0 Å². The fraction of sp³-hybridized carbons (Fsp3) is 0.125. The maximum Gasteiger partial charge on any atom is 0.237 e. The lowest BCUT2D eigenvalue weighted by Crippen LogP contribution is -2.44. The summed E-state index contributed by atoms with van der Waals surface area (Å²) in [5, 5.41) is 0. The molecule has 0 atom stereocenters. The molecule has 2 aromatic rings. The molecular weight excluding hydrogens is 235 g/mol. The Labute approximate surface area is 114 Å². The number of hydrogen-bond donors (Lipinski definition) is 0. The van der Waals surface area contributed by atoms with Crippen LogP contribution in [0.25, 0.3) is 0 Å². The van der Waals surface area contributed by atoms with Gasteiger partial charge in [-0.1, -0.05) is 66.4 Å². The molecule has 0 aliphatic heterocycles. The van der Waals surface area contributed by atoms with Gasteiger partial charge in [0.1, 0.15) is 0 Å². The quantitative estimate of drug-likeness (QED) is 0.595. The van der Waals surface area contributed by atoms with E-state index >= 15 is 0 Å². The summed E-state index contributed by atoms with van der Waals surface area (Å²) < 4.78 is 0. The topological polar surface area (TPSA) is 0 Å². The first kappa shape index (κ1) is 13.0. The van der Waals surface area contributed by atoms with Crippen molar-refractivity contribution in [2.45, 2.75) is 11.8 Å². The maximum absolute atomic E-state index is 4.17. The molecule has 2 heteroatoms. The van der Waals surface area contributed by atoms with Crippen molar-refractivity contribution in [1.82, 2.24) is 0 Å². The van der Waals surface area contributed by atoms with Crippen LogP contribution < -0.4 is 10.9 Å². The molecule has 0 bridgehead atoms. The Kier molecular flexibility index (Phi) is 4.32. The molecule has 0 aromatic heterocycles. The monoisotopic (exact) mass is 252 g/mol. The fourth-order valence-electron chi connectivity index (χ4n) is 2.28. The van der Waals surface area contributed by atoms with Gasteiger partial charge in [0.05, 0.1) is 0 Å². The van der Waals surface area contributed by atoms with E-state index in [0.29, 0.717) is 0 Å². The molecule has 0 unspecified atom stereocenters. The van der Waals surface area contributed by atoms with Gasteiger partial charge in [-0.2, -0.15) is 0 Å². The molecule has 0 spiro atoms. The van der Waals surface area contributed by atoms with Crippen LogP contribution >= 0.6 is 11.8 Å². The van der Waals surface area contributed by atoms with E-state index in [2.05, 4.69) is 74.4 Å². The van der Waals surface area contributed by atoms with Crippen LogP contribution in [-0.2, 0) is 0 Å².